The number of rotatable bonds is 7. The van der Waals surface area contributed by atoms with Gasteiger partial charge in [-0.1, -0.05) is 50.2 Å². The summed E-state index contributed by atoms with van der Waals surface area (Å²) < 4.78 is 0. The van der Waals surface area contributed by atoms with Crippen molar-refractivity contribution in [3.8, 4) is 12.3 Å². The van der Waals surface area contributed by atoms with Crippen molar-refractivity contribution in [3.63, 3.8) is 0 Å². The number of fused-ring (bicyclic) bond motifs is 2. The molecule has 1 aliphatic heterocycles. The summed E-state index contributed by atoms with van der Waals surface area (Å²) in [6.45, 7) is 14.9. The molecule has 0 amide bonds. The quantitative estimate of drug-likeness (QED) is 0.463. The van der Waals surface area contributed by atoms with E-state index in [2.05, 4.69) is 54.0 Å². The molecule has 1 aliphatic carbocycles. The largest absolute Gasteiger partial charge is 0.372 e. The molecule has 0 spiro atoms. The van der Waals surface area contributed by atoms with Gasteiger partial charge in [-0.25, -0.2) is 0 Å². The molecule has 1 aromatic heterocycles. The van der Waals surface area contributed by atoms with Crippen molar-refractivity contribution in [2.24, 2.45) is 5.92 Å². The number of piperazine rings is 1. The van der Waals surface area contributed by atoms with Crippen LogP contribution < -0.4 is 0 Å². The number of pyridine rings is 1. The van der Waals surface area contributed by atoms with E-state index < -0.39 is 0 Å². The lowest BCUT2D eigenvalue weighted by Crippen LogP contribution is -2.44. The molecule has 1 fully saturated rings. The zero-order chi connectivity index (χ0) is 22.7. The minimum Gasteiger partial charge on any atom is -0.372 e. The van der Waals surface area contributed by atoms with Crippen molar-refractivity contribution in [1.29, 1.82) is 0 Å². The summed E-state index contributed by atoms with van der Waals surface area (Å²) in [5, 5.41) is 1.90. The predicted molar refractivity (Wildman–Crippen MR) is 137 cm³/mol. The molecule has 1 aromatic carbocycles. The van der Waals surface area contributed by atoms with Crippen LogP contribution in [0.2, 0.25) is 5.02 Å². The van der Waals surface area contributed by atoms with E-state index in [0.717, 1.165) is 91.2 Å². The third kappa shape index (κ3) is 4.66. The number of unbranched alkanes of at least 4 members (excludes halogenated alkanes) is 1. The summed E-state index contributed by atoms with van der Waals surface area (Å²) in [6, 6.07) is 6.41. The third-order valence-electron chi connectivity index (χ3n) is 7.05. The molecule has 4 heteroatoms. The molecule has 1 unspecified atom stereocenters. The molecule has 3 nitrogen and oxygen atoms in total. The topological polar surface area (TPSA) is 19.4 Å². The van der Waals surface area contributed by atoms with Crippen molar-refractivity contribution in [2.45, 2.75) is 51.9 Å². The lowest BCUT2D eigenvalue weighted by molar-refractivity contribution is 0.209. The molecule has 0 radical (unpaired) electrons. The fourth-order valence-corrected chi connectivity index (χ4v) is 5.36. The van der Waals surface area contributed by atoms with Gasteiger partial charge in [0.1, 0.15) is 0 Å². The van der Waals surface area contributed by atoms with E-state index in [9.17, 15) is 0 Å². The summed E-state index contributed by atoms with van der Waals surface area (Å²) >= 11 is 6.82. The molecule has 2 aliphatic rings. The van der Waals surface area contributed by atoms with Crippen LogP contribution in [0.25, 0.3) is 16.6 Å². The number of terminal acetylenes is 1. The molecular weight excluding hydrogens is 414 g/mol. The standard InChI is InChI=1S/C28H34ClN3/c1-5-7-9-20(3)31-14-16-32(17-15-31)21(4)23-11-13-25-27(19-23)30-26-18-22(8-6-2)10-12-24(26)28(25)29/h2,11,13,19,22H,3-5,7-10,12,14-18H2,1H3. The predicted octanol–water partition coefficient (Wildman–Crippen LogP) is 6.31. The Morgan fingerprint density at radius 1 is 1.22 bits per heavy atom. The van der Waals surface area contributed by atoms with Gasteiger partial charge in [-0.15, -0.1) is 12.3 Å². The van der Waals surface area contributed by atoms with Crippen LogP contribution in [0.3, 0.4) is 0 Å². The van der Waals surface area contributed by atoms with Crippen LogP contribution in [0.5, 0.6) is 0 Å². The first-order chi connectivity index (χ1) is 15.5. The Kier molecular flexibility index (Phi) is 7.11. The number of aromatic nitrogens is 1. The maximum Gasteiger partial charge on any atom is 0.0727 e. The summed E-state index contributed by atoms with van der Waals surface area (Å²) in [6.07, 6.45) is 12.9. The van der Waals surface area contributed by atoms with Gasteiger partial charge in [-0.05, 0) is 55.2 Å². The lowest BCUT2D eigenvalue weighted by atomic mass is 9.84. The van der Waals surface area contributed by atoms with E-state index in [4.69, 9.17) is 23.0 Å². The fourth-order valence-electron chi connectivity index (χ4n) is 4.99. The number of halogens is 1. The van der Waals surface area contributed by atoms with Crippen molar-refractivity contribution in [1.82, 2.24) is 14.8 Å². The van der Waals surface area contributed by atoms with Crippen LogP contribution in [-0.2, 0) is 12.8 Å². The summed E-state index contributed by atoms with van der Waals surface area (Å²) in [5.41, 5.74) is 6.74. The van der Waals surface area contributed by atoms with E-state index in [1.54, 1.807) is 0 Å². The molecule has 1 atom stereocenters. The molecule has 4 rings (SSSR count). The molecule has 0 N–H and O–H groups in total. The van der Waals surface area contributed by atoms with Crippen LogP contribution in [0.15, 0.2) is 37.1 Å². The van der Waals surface area contributed by atoms with Crippen LogP contribution in [0, 0.1) is 18.3 Å². The molecule has 1 saturated heterocycles. The number of allylic oxidation sites excluding steroid dienone is 1. The highest BCUT2D eigenvalue weighted by atomic mass is 35.5. The molecule has 2 aromatic rings. The number of hydrogen-bond acceptors (Lipinski definition) is 3. The number of nitrogens with zero attached hydrogens (tertiary/aromatic N) is 3. The second-order valence-corrected chi connectivity index (χ2v) is 9.57. The van der Waals surface area contributed by atoms with Crippen LogP contribution in [0.1, 0.15) is 55.8 Å². The van der Waals surface area contributed by atoms with Gasteiger partial charge in [-0.2, -0.15) is 0 Å². The van der Waals surface area contributed by atoms with E-state index in [1.807, 2.05) is 0 Å². The maximum absolute atomic E-state index is 6.82. The van der Waals surface area contributed by atoms with Gasteiger partial charge in [0.05, 0.1) is 10.5 Å². The highest BCUT2D eigenvalue weighted by Gasteiger charge is 2.24. The Morgan fingerprint density at radius 3 is 2.69 bits per heavy atom. The third-order valence-corrected chi connectivity index (χ3v) is 7.49. The Balaban J connectivity index is 1.50. The molecule has 0 bridgehead atoms. The SMILES string of the molecule is C#CCC1CCc2c(nc3cc(C(=C)N4CCN(C(=C)CCCC)CC4)ccc3c2Cl)C1. The van der Waals surface area contributed by atoms with Gasteiger partial charge >= 0.3 is 0 Å². The van der Waals surface area contributed by atoms with E-state index >= 15 is 0 Å². The van der Waals surface area contributed by atoms with E-state index in [-0.39, 0.29) is 0 Å². The second-order valence-electron chi connectivity index (χ2n) is 9.19. The Morgan fingerprint density at radius 2 is 1.97 bits per heavy atom. The first kappa shape index (κ1) is 22.7. The highest BCUT2D eigenvalue weighted by molar-refractivity contribution is 6.36. The van der Waals surface area contributed by atoms with Crippen molar-refractivity contribution >= 4 is 28.2 Å². The Hall–Kier alpha value is -2.44. The zero-order valence-corrected chi connectivity index (χ0v) is 20.1. The van der Waals surface area contributed by atoms with Gasteiger partial charge in [0.25, 0.3) is 0 Å². The average Bonchev–Trinajstić information content (AvgIpc) is 2.82. The molecular formula is C28H34ClN3. The molecule has 0 saturated carbocycles. The summed E-state index contributed by atoms with van der Waals surface area (Å²) in [5.74, 6) is 3.32. The minimum absolute atomic E-state index is 0.509. The van der Waals surface area contributed by atoms with Crippen molar-refractivity contribution in [3.05, 3.63) is 58.9 Å². The second kappa shape index (κ2) is 10.0. The number of benzene rings is 1. The summed E-state index contributed by atoms with van der Waals surface area (Å²) in [7, 11) is 0. The van der Waals surface area contributed by atoms with Gasteiger partial charge < -0.3 is 9.80 Å². The van der Waals surface area contributed by atoms with Gasteiger partial charge in [0, 0.05) is 55.1 Å². The van der Waals surface area contributed by atoms with E-state index in [0.29, 0.717) is 5.92 Å². The first-order valence-corrected chi connectivity index (χ1v) is 12.3. The summed E-state index contributed by atoms with van der Waals surface area (Å²) in [4.78, 5) is 9.84. The number of hydrogen-bond donors (Lipinski definition) is 0. The normalized spacial score (nSPS) is 18.3. The minimum atomic E-state index is 0.509. The van der Waals surface area contributed by atoms with Crippen molar-refractivity contribution in [2.75, 3.05) is 26.2 Å². The zero-order valence-electron chi connectivity index (χ0n) is 19.3. The van der Waals surface area contributed by atoms with Crippen molar-refractivity contribution < 1.29 is 0 Å². The highest BCUT2D eigenvalue weighted by Crippen LogP contribution is 2.36. The average molecular weight is 448 g/mol. The molecule has 2 heterocycles. The Labute approximate surface area is 198 Å². The van der Waals surface area contributed by atoms with Gasteiger partial charge in [-0.3, -0.25) is 4.98 Å². The molecule has 168 valence electrons. The van der Waals surface area contributed by atoms with Crippen LogP contribution in [0.4, 0.5) is 0 Å². The smallest absolute Gasteiger partial charge is 0.0727 e. The lowest BCUT2D eigenvalue weighted by Gasteiger charge is -2.39. The van der Waals surface area contributed by atoms with Gasteiger partial charge in [0.15, 0.2) is 0 Å². The first-order valence-electron chi connectivity index (χ1n) is 11.9. The fraction of sp³-hybridized carbons (Fsp3) is 0.464. The van der Waals surface area contributed by atoms with Gasteiger partial charge in [0.2, 0.25) is 0 Å². The maximum atomic E-state index is 6.82. The Bertz CT molecular complexity index is 1060. The monoisotopic (exact) mass is 447 g/mol. The molecule has 32 heavy (non-hydrogen) atoms. The van der Waals surface area contributed by atoms with E-state index in [1.165, 1.54) is 24.1 Å². The van der Waals surface area contributed by atoms with Crippen LogP contribution >= 0.6 is 11.6 Å². The van der Waals surface area contributed by atoms with Crippen LogP contribution in [-0.4, -0.2) is 41.0 Å².